The SMILES string of the molecule is [2H]c1nc(N([2H])C2([2H])C([2H])([2H])C([2H])([2H])N(C([2H])([2H])c3ccc(F)c(Cl)c3)C([2H])([2H])C2([2H])[2H])c2nc(C([2H])(C([2H])([2H])[2H])C([2H])([2H])[2H])sc2n1. The van der Waals surface area contributed by atoms with Crippen molar-refractivity contribution < 1.29 is 31.8 Å². The van der Waals surface area contributed by atoms with Crippen LogP contribution in [0.1, 0.15) is 69.0 Å². The van der Waals surface area contributed by atoms with Gasteiger partial charge in [0, 0.05) is 54.7 Å². The zero-order valence-electron chi connectivity index (χ0n) is 33.6. The third-order valence-electron chi connectivity index (χ3n) is 3.29. The number of nitrogens with zero attached hydrogens (tertiary/aromatic N) is 4. The predicted molar refractivity (Wildman–Crippen MR) is 113 cm³/mol. The van der Waals surface area contributed by atoms with Crippen molar-refractivity contribution >= 4 is 39.1 Å². The van der Waals surface area contributed by atoms with E-state index in [9.17, 15) is 4.39 Å². The van der Waals surface area contributed by atoms with Gasteiger partial charge in [-0.05, 0) is 30.4 Å². The average molecular weight is 440 g/mol. The Hall–Kier alpha value is -1.83. The summed E-state index contributed by atoms with van der Waals surface area (Å²) in [6.45, 7) is -18.8. The van der Waals surface area contributed by atoms with Crippen molar-refractivity contribution in [1.29, 1.82) is 0 Å². The highest BCUT2D eigenvalue weighted by molar-refractivity contribution is 7.18. The highest BCUT2D eigenvalue weighted by atomic mass is 35.5. The number of nitrogens with one attached hydrogen (secondary N) is 1. The topological polar surface area (TPSA) is 53.9 Å². The Kier molecular flexibility index (Phi) is 2.03. The summed E-state index contributed by atoms with van der Waals surface area (Å²) in [4.78, 5) is 9.97. The molecule has 0 atom stereocenters. The van der Waals surface area contributed by atoms with Crippen LogP contribution in [0.3, 0.4) is 0 Å². The maximum atomic E-state index is 13.9. The van der Waals surface area contributed by atoms with Crippen LogP contribution in [-0.2, 0) is 6.50 Å². The molecule has 0 spiro atoms. The normalized spacial score (nSPS) is 36.8. The van der Waals surface area contributed by atoms with Crippen molar-refractivity contribution in [2.45, 2.75) is 44.9 Å². The Morgan fingerprint density at radius 1 is 1.57 bits per heavy atom. The molecule has 4 rings (SSSR count). The summed E-state index contributed by atoms with van der Waals surface area (Å²) < 4.78 is 181. The number of benzene rings is 1. The Morgan fingerprint density at radius 2 is 2.39 bits per heavy atom. The number of likely N-dealkylation sites (tertiary alicyclic amines) is 1. The van der Waals surface area contributed by atoms with Gasteiger partial charge in [0.1, 0.15) is 23.8 Å². The molecule has 8 heteroatoms. The van der Waals surface area contributed by atoms with Crippen LogP contribution in [0.4, 0.5) is 10.2 Å². The van der Waals surface area contributed by atoms with Crippen molar-refractivity contribution in [1.82, 2.24) is 19.9 Å². The molecule has 1 aliphatic rings. The fourth-order valence-corrected chi connectivity index (χ4v) is 3.00. The van der Waals surface area contributed by atoms with Gasteiger partial charge < -0.3 is 5.31 Å². The van der Waals surface area contributed by atoms with Crippen LogP contribution in [0.25, 0.3) is 10.3 Å². The summed E-state index contributed by atoms with van der Waals surface area (Å²) in [5, 5.41) is -2.13. The van der Waals surface area contributed by atoms with Crippen LogP contribution in [-0.4, -0.2) is 38.9 Å². The van der Waals surface area contributed by atoms with E-state index in [0.29, 0.717) is 12.1 Å². The molecular formula is C20H23ClFN5S. The molecule has 0 unspecified atom stereocenters. The largest absolute Gasteiger partial charge is 0.365 e. The maximum Gasteiger partial charge on any atom is 0.162 e. The molecule has 0 radical (unpaired) electrons. The van der Waals surface area contributed by atoms with Gasteiger partial charge in [0.15, 0.2) is 7.23 Å². The fourth-order valence-electron chi connectivity index (χ4n) is 2.08. The van der Waals surface area contributed by atoms with Crippen LogP contribution < -0.4 is 5.31 Å². The highest BCUT2D eigenvalue weighted by Crippen LogP contribution is 2.30. The van der Waals surface area contributed by atoms with Gasteiger partial charge in [0.25, 0.3) is 0 Å². The molecule has 148 valence electrons. The first-order valence-corrected chi connectivity index (χ1v) is 8.68. The second-order valence-electron chi connectivity index (χ2n) is 5.21. The Labute approximate surface area is 201 Å². The summed E-state index contributed by atoms with van der Waals surface area (Å²) in [6.07, 6.45) is -9.34. The quantitative estimate of drug-likeness (QED) is 0.600. The third-order valence-corrected chi connectivity index (χ3v) is 4.55. The lowest BCUT2D eigenvalue weighted by molar-refractivity contribution is 0.211. The summed E-state index contributed by atoms with van der Waals surface area (Å²) in [7, 11) is 0. The van der Waals surface area contributed by atoms with Crippen molar-refractivity contribution in [3.63, 3.8) is 0 Å². The van der Waals surface area contributed by atoms with E-state index in [1.807, 2.05) is 0 Å². The lowest BCUT2D eigenvalue weighted by Gasteiger charge is -2.32. The molecule has 1 fully saturated rings. The lowest BCUT2D eigenvalue weighted by atomic mass is 10.0. The number of thiazole rings is 1. The standard InChI is InChI=1S/C20H23ClFN5S/c1-12(2)19-26-17-18(23-11-24-20(17)28-19)25-14-5-7-27(8-6-14)10-13-3-4-16(22)15(21)9-13/h3-4,9,11-12,14H,5-8,10H2,1-2H3,(H,23,24,25)/i1D3,2D3,5D2,6D2,7D2,8D2,10D2,11D,12D,14D/hD. The fraction of sp³-hybridized carbons (Fsp3) is 0.450. The van der Waals surface area contributed by atoms with E-state index in [4.69, 9.17) is 39.1 Å². The van der Waals surface area contributed by atoms with Crippen LogP contribution in [0.5, 0.6) is 0 Å². The number of anilines is 1. The van der Waals surface area contributed by atoms with Gasteiger partial charge in [-0.25, -0.2) is 19.3 Å². The van der Waals surface area contributed by atoms with E-state index in [-0.39, 0.29) is 11.3 Å². The molecule has 1 saturated heterocycles. The molecule has 1 N–H and O–H groups in total. The highest BCUT2D eigenvalue weighted by Gasteiger charge is 2.21. The molecule has 0 aliphatic carbocycles. The number of halogens is 2. The summed E-state index contributed by atoms with van der Waals surface area (Å²) in [5.74, 6) is -5.67. The molecule has 3 aromatic rings. The second kappa shape index (κ2) is 8.27. The summed E-state index contributed by atoms with van der Waals surface area (Å²) in [5.41, 5.74) is -1.56. The molecule has 0 saturated carbocycles. The van der Waals surface area contributed by atoms with Gasteiger partial charge in [-0.1, -0.05) is 42.7 Å². The zero-order chi connectivity index (χ0) is 37.2. The number of hydrogen-bond acceptors (Lipinski definition) is 6. The van der Waals surface area contributed by atoms with Crippen molar-refractivity contribution in [3.05, 3.63) is 45.9 Å². The molecule has 0 amide bonds. The minimum absolute atomic E-state index is 0.160. The Morgan fingerprint density at radius 3 is 3.14 bits per heavy atom. The molecule has 0 bridgehead atoms. The van der Waals surface area contributed by atoms with Gasteiger partial charge >= 0.3 is 0 Å². The van der Waals surface area contributed by atoms with E-state index in [1.54, 1.807) is 0 Å². The first-order valence-electron chi connectivity index (χ1n) is 17.4. The Bertz CT molecular complexity index is 1720. The number of piperidine rings is 1. The van der Waals surface area contributed by atoms with Crippen LogP contribution in [0.2, 0.25) is 6.43 Å². The molecule has 3 heterocycles. The average Bonchev–Trinajstić information content (AvgIpc) is 3.34. The molecule has 28 heavy (non-hydrogen) atoms. The van der Waals surface area contributed by atoms with Gasteiger partial charge in [-0.15, -0.1) is 0 Å². The van der Waals surface area contributed by atoms with Gasteiger partial charge in [-0.2, -0.15) is 0 Å². The first kappa shape index (κ1) is 6.86. The molecule has 2 aromatic heterocycles. The van der Waals surface area contributed by atoms with Crippen molar-refractivity contribution in [2.24, 2.45) is 0 Å². The number of aromatic nitrogens is 3. The van der Waals surface area contributed by atoms with Gasteiger partial charge in [0.05, 0.1) is 11.4 Å². The van der Waals surface area contributed by atoms with Crippen LogP contribution >= 0.6 is 22.9 Å². The number of hydrogen-bond donors (Lipinski definition) is 1. The van der Waals surface area contributed by atoms with E-state index in [2.05, 4.69) is 15.0 Å². The first-order chi connectivity index (χ1) is 21.3. The van der Waals surface area contributed by atoms with Crippen LogP contribution in [0.15, 0.2) is 24.5 Å². The third kappa shape index (κ3) is 4.26. The Balaban J connectivity index is 2.00. The van der Waals surface area contributed by atoms with Crippen LogP contribution in [0, 0.1) is 5.82 Å². The molecule has 5 nitrogen and oxygen atoms in total. The summed E-state index contributed by atoms with van der Waals surface area (Å²) >= 11 is 5.90. The minimum atomic E-state index is -4.15. The second-order valence-corrected chi connectivity index (χ2v) is 6.59. The summed E-state index contributed by atoms with van der Waals surface area (Å²) in [6, 6.07) is -2.09. The minimum Gasteiger partial charge on any atom is -0.365 e. The zero-order valence-corrected chi connectivity index (χ0v) is 15.2. The number of fused-ring (bicyclic) bond motifs is 1. The van der Waals surface area contributed by atoms with E-state index in [0.717, 1.165) is 6.07 Å². The van der Waals surface area contributed by atoms with Crippen molar-refractivity contribution in [2.75, 3.05) is 18.3 Å². The lowest BCUT2D eigenvalue weighted by Crippen LogP contribution is -2.38. The van der Waals surface area contributed by atoms with E-state index in [1.165, 1.54) is 0 Å². The van der Waals surface area contributed by atoms with E-state index >= 15 is 0 Å². The molecule has 1 aliphatic heterocycles. The predicted octanol–water partition coefficient (Wildman–Crippen LogP) is 5.08. The van der Waals surface area contributed by atoms with Gasteiger partial charge in [-0.3, -0.25) is 4.90 Å². The molecular weight excluding hydrogens is 397 g/mol. The smallest absolute Gasteiger partial charge is 0.162 e. The number of rotatable bonds is 5. The van der Waals surface area contributed by atoms with E-state index < -0.39 is 112 Å². The maximum absolute atomic E-state index is 13.9. The van der Waals surface area contributed by atoms with Gasteiger partial charge in [0.2, 0.25) is 0 Å². The molecule has 1 aromatic carbocycles. The monoisotopic (exact) mass is 439 g/mol. The van der Waals surface area contributed by atoms with Crippen molar-refractivity contribution in [3.8, 4) is 0 Å².